The van der Waals surface area contributed by atoms with Gasteiger partial charge in [-0.2, -0.15) is 4.99 Å². The Balaban J connectivity index is 2.00. The Labute approximate surface area is 129 Å². The maximum absolute atomic E-state index is 11.9. The predicted octanol–water partition coefficient (Wildman–Crippen LogP) is 2.48. The monoisotopic (exact) mass is 291 g/mol. The van der Waals surface area contributed by atoms with Gasteiger partial charge >= 0.3 is 0 Å². The zero-order valence-corrected chi connectivity index (χ0v) is 12.1. The van der Waals surface area contributed by atoms with Gasteiger partial charge in [0.15, 0.2) is 5.96 Å². The molecule has 0 saturated carbocycles. The number of allylic oxidation sites excluding steroid dienone is 1. The van der Waals surface area contributed by atoms with Crippen LogP contribution in [-0.2, 0) is 6.42 Å². The zero-order valence-electron chi connectivity index (χ0n) is 12.1. The zero-order chi connectivity index (χ0) is 15.5. The maximum atomic E-state index is 11.9. The highest BCUT2D eigenvalue weighted by Crippen LogP contribution is 2.32. The molecule has 1 amide bonds. The van der Waals surface area contributed by atoms with Gasteiger partial charge in [0.05, 0.1) is 0 Å². The lowest BCUT2D eigenvalue weighted by molar-refractivity contribution is 0.100. The van der Waals surface area contributed by atoms with Crippen molar-refractivity contribution in [3.8, 4) is 0 Å². The average Bonchev–Trinajstić information content (AvgIpc) is 2.54. The van der Waals surface area contributed by atoms with E-state index in [1.807, 2.05) is 30.3 Å². The Kier molecular flexibility index (Phi) is 3.74. The van der Waals surface area contributed by atoms with Gasteiger partial charge in [0.25, 0.3) is 5.91 Å². The third-order valence-corrected chi connectivity index (χ3v) is 3.72. The second-order valence-corrected chi connectivity index (χ2v) is 5.24. The van der Waals surface area contributed by atoms with Gasteiger partial charge in [0.2, 0.25) is 0 Å². The number of rotatable bonds is 2. The fourth-order valence-corrected chi connectivity index (χ4v) is 2.75. The van der Waals surface area contributed by atoms with E-state index < -0.39 is 5.91 Å². The number of fused-ring (bicyclic) bond motifs is 1. The molecule has 22 heavy (non-hydrogen) atoms. The van der Waals surface area contributed by atoms with Crippen molar-refractivity contribution in [1.29, 1.82) is 0 Å². The van der Waals surface area contributed by atoms with Gasteiger partial charge in [-0.05, 0) is 47.2 Å². The predicted molar refractivity (Wildman–Crippen MR) is 88.4 cm³/mol. The first kappa shape index (κ1) is 14.1. The number of nitrogens with zero attached hydrogens (tertiary/aromatic N) is 1. The van der Waals surface area contributed by atoms with Gasteiger partial charge in [0, 0.05) is 5.56 Å². The number of nitrogens with two attached hydrogens (primary N) is 2. The summed E-state index contributed by atoms with van der Waals surface area (Å²) in [6.45, 7) is 0. The van der Waals surface area contributed by atoms with Crippen molar-refractivity contribution in [3.05, 3.63) is 76.9 Å². The highest BCUT2D eigenvalue weighted by atomic mass is 16.1. The Morgan fingerprint density at radius 3 is 2.55 bits per heavy atom. The van der Waals surface area contributed by atoms with E-state index in [0.29, 0.717) is 5.56 Å². The van der Waals surface area contributed by atoms with E-state index in [1.54, 1.807) is 6.07 Å². The Bertz CT molecular complexity index is 772. The smallest absolute Gasteiger partial charge is 0.280 e. The lowest BCUT2D eigenvalue weighted by Crippen LogP contribution is -2.24. The lowest BCUT2D eigenvalue weighted by atomic mass is 9.86. The first-order chi connectivity index (χ1) is 10.6. The average molecular weight is 291 g/mol. The molecule has 0 heterocycles. The molecule has 0 radical (unpaired) electrons. The Morgan fingerprint density at radius 1 is 1.05 bits per heavy atom. The summed E-state index contributed by atoms with van der Waals surface area (Å²) < 4.78 is 0. The molecule has 0 unspecified atom stereocenters. The standard InChI is InChI=1S/C18H17N3O/c19-18(20)21-17(22)14-9-10-16-13(11-14)7-4-8-15(16)12-5-2-1-3-6-12/h1-3,5-6,8-11H,4,7H2,(H4,19,20,21,22). The summed E-state index contributed by atoms with van der Waals surface area (Å²) in [5, 5.41) is 0. The van der Waals surface area contributed by atoms with Gasteiger partial charge in [-0.3, -0.25) is 4.79 Å². The first-order valence-corrected chi connectivity index (χ1v) is 7.18. The van der Waals surface area contributed by atoms with E-state index >= 15 is 0 Å². The highest BCUT2D eigenvalue weighted by molar-refractivity contribution is 6.02. The summed E-state index contributed by atoms with van der Waals surface area (Å²) in [4.78, 5) is 15.5. The number of aryl methyl sites for hydroxylation is 1. The quantitative estimate of drug-likeness (QED) is 0.659. The molecule has 2 aromatic carbocycles. The molecule has 4 N–H and O–H groups in total. The summed E-state index contributed by atoms with van der Waals surface area (Å²) in [5.74, 6) is -0.619. The van der Waals surface area contributed by atoms with E-state index in [2.05, 4.69) is 23.2 Å². The normalized spacial score (nSPS) is 13.0. The molecule has 0 aromatic heterocycles. The molecule has 1 aliphatic rings. The van der Waals surface area contributed by atoms with E-state index in [0.717, 1.165) is 18.4 Å². The second kappa shape index (κ2) is 5.85. The van der Waals surface area contributed by atoms with E-state index in [1.165, 1.54) is 16.7 Å². The maximum Gasteiger partial charge on any atom is 0.280 e. The molecular weight excluding hydrogens is 274 g/mol. The van der Waals surface area contributed by atoms with Crippen LogP contribution >= 0.6 is 0 Å². The molecule has 0 spiro atoms. The number of carbonyl (C=O) groups excluding carboxylic acids is 1. The van der Waals surface area contributed by atoms with Crippen LogP contribution in [0.25, 0.3) is 5.57 Å². The van der Waals surface area contributed by atoms with Gasteiger partial charge in [-0.1, -0.05) is 42.5 Å². The largest absolute Gasteiger partial charge is 0.370 e. The van der Waals surface area contributed by atoms with Crippen LogP contribution in [0.4, 0.5) is 0 Å². The fourth-order valence-electron chi connectivity index (χ4n) is 2.75. The summed E-state index contributed by atoms with van der Waals surface area (Å²) in [5.41, 5.74) is 15.8. The van der Waals surface area contributed by atoms with Gasteiger partial charge in [-0.25, -0.2) is 0 Å². The summed E-state index contributed by atoms with van der Waals surface area (Å²) in [6, 6.07) is 15.9. The SMILES string of the molecule is NC(N)=NC(=O)c1ccc2c(c1)CCC=C2c1ccccc1. The van der Waals surface area contributed by atoms with E-state index in [9.17, 15) is 4.79 Å². The van der Waals surface area contributed by atoms with Gasteiger partial charge < -0.3 is 11.5 Å². The van der Waals surface area contributed by atoms with Crippen molar-refractivity contribution in [2.75, 3.05) is 0 Å². The van der Waals surface area contributed by atoms with Crippen LogP contribution in [-0.4, -0.2) is 11.9 Å². The van der Waals surface area contributed by atoms with Crippen molar-refractivity contribution in [3.63, 3.8) is 0 Å². The summed E-state index contributed by atoms with van der Waals surface area (Å²) >= 11 is 0. The number of hydrogen-bond donors (Lipinski definition) is 2. The molecule has 0 saturated heterocycles. The molecule has 0 atom stereocenters. The first-order valence-electron chi connectivity index (χ1n) is 7.18. The van der Waals surface area contributed by atoms with Gasteiger partial charge in [-0.15, -0.1) is 0 Å². The molecule has 0 aliphatic heterocycles. The van der Waals surface area contributed by atoms with Crippen molar-refractivity contribution in [1.82, 2.24) is 0 Å². The minimum Gasteiger partial charge on any atom is -0.370 e. The fraction of sp³-hybridized carbons (Fsp3) is 0.111. The van der Waals surface area contributed by atoms with E-state index in [-0.39, 0.29) is 5.96 Å². The minimum absolute atomic E-state index is 0.215. The van der Waals surface area contributed by atoms with Crippen LogP contribution in [0.1, 0.15) is 33.5 Å². The van der Waals surface area contributed by atoms with Gasteiger partial charge in [0.1, 0.15) is 0 Å². The van der Waals surface area contributed by atoms with Crippen LogP contribution in [0.15, 0.2) is 59.6 Å². The number of guanidine groups is 1. The molecule has 110 valence electrons. The highest BCUT2D eigenvalue weighted by Gasteiger charge is 2.16. The minimum atomic E-state index is -0.404. The van der Waals surface area contributed by atoms with Crippen LogP contribution < -0.4 is 11.5 Å². The Hall–Kier alpha value is -2.88. The lowest BCUT2D eigenvalue weighted by Gasteiger charge is -2.18. The molecule has 0 fully saturated rings. The summed E-state index contributed by atoms with van der Waals surface area (Å²) in [6.07, 6.45) is 4.11. The van der Waals surface area contributed by atoms with Crippen molar-refractivity contribution in [2.24, 2.45) is 16.5 Å². The van der Waals surface area contributed by atoms with Crippen LogP contribution in [0, 0.1) is 0 Å². The number of hydrogen-bond acceptors (Lipinski definition) is 1. The number of benzene rings is 2. The third kappa shape index (κ3) is 2.76. The number of amides is 1. The topological polar surface area (TPSA) is 81.5 Å². The van der Waals surface area contributed by atoms with Crippen molar-refractivity contribution < 1.29 is 4.79 Å². The van der Waals surface area contributed by atoms with Crippen LogP contribution in [0.2, 0.25) is 0 Å². The molecule has 4 nitrogen and oxygen atoms in total. The van der Waals surface area contributed by atoms with Crippen LogP contribution in [0.3, 0.4) is 0 Å². The second-order valence-electron chi connectivity index (χ2n) is 5.24. The molecular formula is C18H17N3O. The summed E-state index contributed by atoms with van der Waals surface area (Å²) in [7, 11) is 0. The number of carbonyl (C=O) groups is 1. The van der Waals surface area contributed by atoms with E-state index in [4.69, 9.17) is 11.5 Å². The van der Waals surface area contributed by atoms with Crippen LogP contribution in [0.5, 0.6) is 0 Å². The molecule has 0 bridgehead atoms. The van der Waals surface area contributed by atoms with Crippen molar-refractivity contribution in [2.45, 2.75) is 12.8 Å². The molecule has 3 rings (SSSR count). The third-order valence-electron chi connectivity index (χ3n) is 3.72. The molecule has 4 heteroatoms. The molecule has 1 aliphatic carbocycles. The Morgan fingerprint density at radius 2 is 1.82 bits per heavy atom. The van der Waals surface area contributed by atoms with Crippen molar-refractivity contribution >= 4 is 17.4 Å². The number of aliphatic imine (C=N–C) groups is 1. The molecule has 2 aromatic rings.